The minimum absolute atomic E-state index is 0.0243. The van der Waals surface area contributed by atoms with E-state index in [1.807, 2.05) is 6.92 Å². The molecular weight excluding hydrogens is 559 g/mol. The molecule has 0 bridgehead atoms. The number of anilines is 2. The predicted molar refractivity (Wildman–Crippen MR) is 151 cm³/mol. The van der Waals surface area contributed by atoms with Gasteiger partial charge in [-0.2, -0.15) is 4.31 Å². The van der Waals surface area contributed by atoms with Gasteiger partial charge >= 0.3 is 6.03 Å². The molecule has 1 aliphatic rings. The second-order valence-electron chi connectivity index (χ2n) is 9.64. The maximum absolute atomic E-state index is 13.6. The standard InChI is InChI=1S/C27H31FN4O6S2/c1-17-14-32(18(2)16-33)26(34)22-13-21(30-27(35)29-20-8-6-19(28)7-9-20)10-11-23(22)38-24(17)15-31(3)40(36,37)25-5-4-12-39-25/h4-13,17-18,24,33H,14-16H2,1-3H3,(H2,29,30,35)/t17-,18+,24-/m1/s1. The van der Waals surface area contributed by atoms with Crippen LogP contribution in [0.1, 0.15) is 24.2 Å². The number of hydrogen-bond acceptors (Lipinski definition) is 7. The minimum Gasteiger partial charge on any atom is -0.488 e. The van der Waals surface area contributed by atoms with Crippen molar-refractivity contribution in [2.75, 3.05) is 37.4 Å². The van der Waals surface area contributed by atoms with E-state index in [1.165, 1.54) is 52.7 Å². The van der Waals surface area contributed by atoms with Crippen molar-refractivity contribution in [2.45, 2.75) is 30.2 Å². The van der Waals surface area contributed by atoms with Crippen LogP contribution in [0.25, 0.3) is 0 Å². The predicted octanol–water partition coefficient (Wildman–Crippen LogP) is 4.07. The number of ether oxygens (including phenoxy) is 1. The van der Waals surface area contributed by atoms with Crippen LogP contribution in [0.3, 0.4) is 0 Å². The van der Waals surface area contributed by atoms with Gasteiger partial charge in [0.1, 0.15) is 21.9 Å². The van der Waals surface area contributed by atoms with Crippen LogP contribution < -0.4 is 15.4 Å². The third-order valence-electron chi connectivity index (χ3n) is 6.62. The monoisotopic (exact) mass is 590 g/mol. The zero-order valence-corrected chi connectivity index (χ0v) is 23.8. The van der Waals surface area contributed by atoms with Crippen molar-refractivity contribution in [3.8, 4) is 5.75 Å². The summed E-state index contributed by atoms with van der Waals surface area (Å²) in [4.78, 5) is 27.7. The largest absolute Gasteiger partial charge is 0.488 e. The highest BCUT2D eigenvalue weighted by atomic mass is 32.2. The third-order valence-corrected chi connectivity index (χ3v) is 9.82. The molecule has 13 heteroatoms. The van der Waals surface area contributed by atoms with Crippen LogP contribution in [0.15, 0.2) is 64.2 Å². The Bertz CT molecular complexity index is 1450. The topological polar surface area (TPSA) is 128 Å². The number of likely N-dealkylation sites (N-methyl/N-ethyl adjacent to an activating group) is 1. The van der Waals surface area contributed by atoms with E-state index in [0.717, 1.165) is 11.3 Å². The average molecular weight is 591 g/mol. The summed E-state index contributed by atoms with van der Waals surface area (Å²) >= 11 is 1.12. The molecule has 3 atom stereocenters. The lowest BCUT2D eigenvalue weighted by Crippen LogP contribution is -2.50. The number of amides is 3. The number of aliphatic hydroxyl groups is 1. The number of carbonyl (C=O) groups excluding carboxylic acids is 2. The number of nitrogens with zero attached hydrogens (tertiary/aromatic N) is 2. The first-order valence-corrected chi connectivity index (χ1v) is 14.9. The fourth-order valence-corrected chi connectivity index (χ4v) is 6.64. The molecule has 0 saturated heterocycles. The smallest absolute Gasteiger partial charge is 0.323 e. The molecule has 3 N–H and O–H groups in total. The van der Waals surface area contributed by atoms with Crippen LogP contribution in [0.5, 0.6) is 5.75 Å². The van der Waals surface area contributed by atoms with Crippen molar-refractivity contribution in [2.24, 2.45) is 5.92 Å². The summed E-state index contributed by atoms with van der Waals surface area (Å²) < 4.78 is 47.0. The molecule has 0 fully saturated rings. The Balaban J connectivity index is 1.60. The highest BCUT2D eigenvalue weighted by Gasteiger charge is 2.35. The van der Waals surface area contributed by atoms with Crippen molar-refractivity contribution in [3.63, 3.8) is 0 Å². The number of rotatable bonds is 8. The van der Waals surface area contributed by atoms with E-state index in [1.54, 1.807) is 30.5 Å². The van der Waals surface area contributed by atoms with E-state index < -0.39 is 39.9 Å². The zero-order chi connectivity index (χ0) is 29.0. The number of hydrogen-bond donors (Lipinski definition) is 3. The fourth-order valence-electron chi connectivity index (χ4n) is 4.26. The molecule has 0 spiro atoms. The van der Waals surface area contributed by atoms with Gasteiger partial charge in [-0.3, -0.25) is 4.79 Å². The number of fused-ring (bicyclic) bond motifs is 1. The van der Waals surface area contributed by atoms with Crippen molar-refractivity contribution < 1.29 is 32.2 Å². The van der Waals surface area contributed by atoms with Crippen LogP contribution in [0.4, 0.5) is 20.6 Å². The van der Waals surface area contributed by atoms with E-state index in [0.29, 0.717) is 11.4 Å². The molecule has 1 aromatic heterocycles. The summed E-state index contributed by atoms with van der Waals surface area (Å²) in [6.45, 7) is 3.54. The van der Waals surface area contributed by atoms with Gasteiger partial charge < -0.3 is 25.4 Å². The van der Waals surface area contributed by atoms with E-state index in [2.05, 4.69) is 10.6 Å². The number of aliphatic hydroxyl groups excluding tert-OH is 1. The molecule has 0 unspecified atom stereocenters. The molecule has 40 heavy (non-hydrogen) atoms. The summed E-state index contributed by atoms with van der Waals surface area (Å²) in [6, 6.07) is 11.9. The number of benzene rings is 2. The molecule has 4 rings (SSSR count). The van der Waals surface area contributed by atoms with Crippen LogP contribution in [-0.4, -0.2) is 73.6 Å². The zero-order valence-electron chi connectivity index (χ0n) is 22.2. The van der Waals surface area contributed by atoms with Crippen LogP contribution in [-0.2, 0) is 10.0 Å². The Morgan fingerprint density at radius 1 is 1.20 bits per heavy atom. The number of urea groups is 1. The Morgan fingerprint density at radius 2 is 1.88 bits per heavy atom. The minimum atomic E-state index is -3.73. The van der Waals surface area contributed by atoms with Crippen molar-refractivity contribution in [1.82, 2.24) is 9.21 Å². The molecule has 0 radical (unpaired) electrons. The second-order valence-corrected chi connectivity index (χ2v) is 12.9. The molecule has 214 valence electrons. The molecule has 2 aromatic carbocycles. The normalized spacial score (nSPS) is 18.4. The highest BCUT2D eigenvalue weighted by molar-refractivity contribution is 7.91. The van der Waals surface area contributed by atoms with Crippen LogP contribution in [0, 0.1) is 11.7 Å². The molecule has 3 aromatic rings. The van der Waals surface area contributed by atoms with Gasteiger partial charge in [-0.25, -0.2) is 17.6 Å². The molecule has 0 saturated carbocycles. The van der Waals surface area contributed by atoms with E-state index in [9.17, 15) is 27.5 Å². The van der Waals surface area contributed by atoms with Gasteiger partial charge in [0.25, 0.3) is 15.9 Å². The van der Waals surface area contributed by atoms with Gasteiger partial charge in [0, 0.05) is 30.9 Å². The van der Waals surface area contributed by atoms with E-state index in [4.69, 9.17) is 4.74 Å². The quantitative estimate of drug-likeness (QED) is 0.363. The number of sulfonamides is 1. The van der Waals surface area contributed by atoms with E-state index >= 15 is 0 Å². The fraction of sp³-hybridized carbons (Fsp3) is 0.333. The summed E-state index contributed by atoms with van der Waals surface area (Å²) in [5.74, 6) is -0.894. The Kier molecular flexibility index (Phi) is 9.08. The van der Waals surface area contributed by atoms with Gasteiger partial charge in [-0.05, 0) is 60.8 Å². The number of halogens is 1. The second kappa shape index (κ2) is 12.3. The Labute approximate surface area is 236 Å². The number of nitrogens with one attached hydrogen (secondary N) is 2. The molecular formula is C27H31FN4O6S2. The molecule has 10 nitrogen and oxygen atoms in total. The molecule has 2 heterocycles. The summed E-state index contributed by atoms with van der Waals surface area (Å²) in [7, 11) is -2.25. The SMILES string of the molecule is C[C@@H]1CN([C@@H](C)CO)C(=O)c2cc(NC(=O)Nc3ccc(F)cc3)ccc2O[C@@H]1CN(C)S(=O)(=O)c1cccs1. The first-order chi connectivity index (χ1) is 19.0. The van der Waals surface area contributed by atoms with Crippen molar-refractivity contribution in [3.05, 3.63) is 71.4 Å². The van der Waals surface area contributed by atoms with Crippen LogP contribution in [0.2, 0.25) is 0 Å². The van der Waals surface area contributed by atoms with Crippen molar-refractivity contribution >= 4 is 44.7 Å². The maximum atomic E-state index is 13.6. The summed E-state index contributed by atoms with van der Waals surface area (Å²) in [6.07, 6.45) is -0.624. The maximum Gasteiger partial charge on any atom is 0.323 e. The van der Waals surface area contributed by atoms with Gasteiger partial charge in [0.05, 0.1) is 24.8 Å². The molecule has 3 amide bonds. The van der Waals surface area contributed by atoms with Gasteiger partial charge in [-0.15, -0.1) is 11.3 Å². The first kappa shape index (κ1) is 29.5. The molecule has 1 aliphatic heterocycles. The lowest BCUT2D eigenvalue weighted by Gasteiger charge is -2.38. The third kappa shape index (κ3) is 6.61. The lowest BCUT2D eigenvalue weighted by atomic mass is 9.99. The average Bonchev–Trinajstić information content (AvgIpc) is 3.48. The van der Waals surface area contributed by atoms with Gasteiger partial charge in [0.2, 0.25) is 0 Å². The van der Waals surface area contributed by atoms with E-state index in [-0.39, 0.29) is 41.1 Å². The van der Waals surface area contributed by atoms with Crippen molar-refractivity contribution in [1.29, 1.82) is 0 Å². The lowest BCUT2D eigenvalue weighted by molar-refractivity contribution is 0.0387. The van der Waals surface area contributed by atoms with Crippen LogP contribution >= 0.6 is 11.3 Å². The van der Waals surface area contributed by atoms with Gasteiger partial charge in [0.15, 0.2) is 0 Å². The highest BCUT2D eigenvalue weighted by Crippen LogP contribution is 2.31. The number of carbonyl (C=O) groups is 2. The Hall–Kier alpha value is -3.52. The van der Waals surface area contributed by atoms with Gasteiger partial charge in [-0.1, -0.05) is 13.0 Å². The molecule has 0 aliphatic carbocycles. The number of thiophene rings is 1. The first-order valence-electron chi connectivity index (χ1n) is 12.6. The summed E-state index contributed by atoms with van der Waals surface area (Å²) in [5.41, 5.74) is 0.834. The Morgan fingerprint density at radius 3 is 2.52 bits per heavy atom. The summed E-state index contributed by atoms with van der Waals surface area (Å²) in [5, 5.41) is 16.8.